The summed E-state index contributed by atoms with van der Waals surface area (Å²) >= 11 is 5.72. The molecule has 0 unspecified atom stereocenters. The van der Waals surface area contributed by atoms with Gasteiger partial charge < -0.3 is 10.4 Å². The molecule has 0 bridgehead atoms. The zero-order valence-electron chi connectivity index (χ0n) is 10.0. The first kappa shape index (κ1) is 13.8. The van der Waals surface area contributed by atoms with Gasteiger partial charge >= 0.3 is 12.0 Å². The van der Waals surface area contributed by atoms with E-state index in [1.54, 1.807) is 6.07 Å². The van der Waals surface area contributed by atoms with E-state index in [1.807, 2.05) is 0 Å². The molecule has 0 fully saturated rings. The lowest BCUT2D eigenvalue weighted by Gasteiger charge is -2.09. The number of nitrogens with zero attached hydrogens (tertiary/aromatic N) is 2. The van der Waals surface area contributed by atoms with Crippen LogP contribution in [0.15, 0.2) is 36.7 Å². The van der Waals surface area contributed by atoms with Gasteiger partial charge in [-0.25, -0.2) is 19.6 Å². The summed E-state index contributed by atoms with van der Waals surface area (Å²) in [7, 11) is 0. The molecule has 20 heavy (non-hydrogen) atoms. The molecule has 0 saturated heterocycles. The summed E-state index contributed by atoms with van der Waals surface area (Å²) in [5, 5.41) is 14.1. The number of amides is 2. The molecule has 1 aromatic heterocycles. The SMILES string of the molecule is O=C(Nc1ncccn1)Nc1ccc(Cl)cc1C(=O)O. The standard InChI is InChI=1S/C12H9ClN4O3/c13-7-2-3-9(8(6-7)10(18)19)16-12(20)17-11-14-4-1-5-15-11/h1-6H,(H,18,19)(H2,14,15,16,17,20). The molecule has 0 atom stereocenters. The molecule has 2 amide bonds. The fourth-order valence-corrected chi connectivity index (χ4v) is 1.59. The van der Waals surface area contributed by atoms with Gasteiger partial charge in [0.1, 0.15) is 0 Å². The number of anilines is 2. The molecule has 102 valence electrons. The number of aromatic carboxylic acids is 1. The monoisotopic (exact) mass is 292 g/mol. The fourth-order valence-electron chi connectivity index (χ4n) is 1.42. The first-order valence-electron chi connectivity index (χ1n) is 5.44. The molecular weight excluding hydrogens is 284 g/mol. The van der Waals surface area contributed by atoms with Crippen LogP contribution in [-0.2, 0) is 0 Å². The van der Waals surface area contributed by atoms with Crippen molar-refractivity contribution in [1.82, 2.24) is 9.97 Å². The Hall–Kier alpha value is -2.67. The van der Waals surface area contributed by atoms with Crippen LogP contribution in [-0.4, -0.2) is 27.1 Å². The van der Waals surface area contributed by atoms with Crippen LogP contribution in [0.2, 0.25) is 5.02 Å². The number of carboxylic acid groups (broad SMARTS) is 1. The van der Waals surface area contributed by atoms with E-state index in [0.29, 0.717) is 0 Å². The van der Waals surface area contributed by atoms with E-state index in [4.69, 9.17) is 16.7 Å². The molecular formula is C12H9ClN4O3. The number of urea groups is 1. The van der Waals surface area contributed by atoms with Crippen LogP contribution in [0.4, 0.5) is 16.4 Å². The minimum atomic E-state index is -1.20. The van der Waals surface area contributed by atoms with Gasteiger partial charge in [0, 0.05) is 17.4 Å². The fraction of sp³-hybridized carbons (Fsp3) is 0. The summed E-state index contributed by atoms with van der Waals surface area (Å²) in [6.45, 7) is 0. The zero-order valence-corrected chi connectivity index (χ0v) is 10.8. The summed E-state index contributed by atoms with van der Waals surface area (Å²) in [5.41, 5.74) is 0.0111. The first-order valence-corrected chi connectivity index (χ1v) is 5.82. The molecule has 1 aromatic carbocycles. The lowest BCUT2D eigenvalue weighted by molar-refractivity contribution is 0.0698. The predicted octanol–water partition coefficient (Wildman–Crippen LogP) is 2.47. The van der Waals surface area contributed by atoms with Gasteiger partial charge in [0.05, 0.1) is 11.3 Å². The Labute approximate surface area is 118 Å². The van der Waals surface area contributed by atoms with E-state index in [-0.39, 0.29) is 22.2 Å². The van der Waals surface area contributed by atoms with Crippen molar-refractivity contribution in [3.05, 3.63) is 47.2 Å². The summed E-state index contributed by atoms with van der Waals surface area (Å²) in [6, 6.07) is 5.07. The number of rotatable bonds is 3. The Morgan fingerprint density at radius 2 is 1.85 bits per heavy atom. The second-order valence-electron chi connectivity index (χ2n) is 3.65. The molecule has 0 aliphatic rings. The molecule has 0 aliphatic heterocycles. The number of hydrogen-bond acceptors (Lipinski definition) is 4. The third-order valence-electron chi connectivity index (χ3n) is 2.25. The number of benzene rings is 1. The molecule has 2 aromatic rings. The summed E-state index contributed by atoms with van der Waals surface area (Å²) in [5.74, 6) is -1.09. The third-order valence-corrected chi connectivity index (χ3v) is 2.49. The van der Waals surface area contributed by atoms with Crippen molar-refractivity contribution in [2.75, 3.05) is 10.6 Å². The highest BCUT2D eigenvalue weighted by molar-refractivity contribution is 6.31. The van der Waals surface area contributed by atoms with E-state index in [9.17, 15) is 9.59 Å². The Balaban J connectivity index is 2.14. The van der Waals surface area contributed by atoms with E-state index >= 15 is 0 Å². The Morgan fingerprint density at radius 1 is 1.15 bits per heavy atom. The van der Waals surface area contributed by atoms with Gasteiger partial charge in [-0.3, -0.25) is 5.32 Å². The molecule has 7 nitrogen and oxygen atoms in total. The first-order chi connectivity index (χ1) is 9.56. The van der Waals surface area contributed by atoms with Gasteiger partial charge in [-0.15, -0.1) is 0 Å². The number of hydrogen-bond donors (Lipinski definition) is 3. The predicted molar refractivity (Wildman–Crippen MR) is 73.1 cm³/mol. The van der Waals surface area contributed by atoms with Crippen LogP contribution in [0.3, 0.4) is 0 Å². The van der Waals surface area contributed by atoms with Crippen molar-refractivity contribution >= 4 is 35.2 Å². The summed E-state index contributed by atoms with van der Waals surface area (Å²) in [6.07, 6.45) is 2.93. The van der Waals surface area contributed by atoms with Crippen molar-refractivity contribution in [2.45, 2.75) is 0 Å². The van der Waals surface area contributed by atoms with Crippen molar-refractivity contribution in [2.24, 2.45) is 0 Å². The Kier molecular flexibility index (Phi) is 4.11. The van der Waals surface area contributed by atoms with Crippen LogP contribution in [0.25, 0.3) is 0 Å². The average Bonchev–Trinajstić information content (AvgIpc) is 2.41. The minimum Gasteiger partial charge on any atom is -0.478 e. The third kappa shape index (κ3) is 3.42. The van der Waals surface area contributed by atoms with Gasteiger partial charge in [0.25, 0.3) is 0 Å². The summed E-state index contributed by atoms with van der Waals surface area (Å²) in [4.78, 5) is 30.4. The van der Waals surface area contributed by atoms with Gasteiger partial charge in [-0.1, -0.05) is 11.6 Å². The maximum absolute atomic E-state index is 11.7. The van der Waals surface area contributed by atoms with Crippen molar-refractivity contribution < 1.29 is 14.7 Å². The van der Waals surface area contributed by atoms with Gasteiger partial charge in [-0.2, -0.15) is 0 Å². The smallest absolute Gasteiger partial charge is 0.337 e. The number of nitrogens with one attached hydrogen (secondary N) is 2. The lowest BCUT2D eigenvalue weighted by atomic mass is 10.2. The van der Waals surface area contributed by atoms with Gasteiger partial charge in [-0.05, 0) is 24.3 Å². The van der Waals surface area contributed by atoms with E-state index < -0.39 is 12.0 Å². The normalized spacial score (nSPS) is 9.85. The summed E-state index contributed by atoms with van der Waals surface area (Å²) < 4.78 is 0. The highest BCUT2D eigenvalue weighted by Crippen LogP contribution is 2.20. The van der Waals surface area contributed by atoms with Crippen LogP contribution >= 0.6 is 11.6 Å². The molecule has 3 N–H and O–H groups in total. The largest absolute Gasteiger partial charge is 0.478 e. The Morgan fingerprint density at radius 3 is 2.50 bits per heavy atom. The number of carbonyl (C=O) groups excluding carboxylic acids is 1. The van der Waals surface area contributed by atoms with Crippen molar-refractivity contribution in [1.29, 1.82) is 0 Å². The van der Waals surface area contributed by atoms with Crippen molar-refractivity contribution in [3.8, 4) is 0 Å². The number of aromatic nitrogens is 2. The number of carboxylic acids is 1. The molecule has 8 heteroatoms. The van der Waals surface area contributed by atoms with E-state index in [2.05, 4.69) is 20.6 Å². The van der Waals surface area contributed by atoms with E-state index in [0.717, 1.165) is 0 Å². The number of carbonyl (C=O) groups is 2. The minimum absolute atomic E-state index is 0.107. The second kappa shape index (κ2) is 5.98. The maximum atomic E-state index is 11.7. The van der Waals surface area contributed by atoms with Gasteiger partial charge in [0.15, 0.2) is 0 Å². The van der Waals surface area contributed by atoms with Crippen LogP contribution in [0.5, 0.6) is 0 Å². The van der Waals surface area contributed by atoms with Crippen molar-refractivity contribution in [3.63, 3.8) is 0 Å². The van der Waals surface area contributed by atoms with Gasteiger partial charge in [0.2, 0.25) is 5.95 Å². The molecule has 0 aliphatic carbocycles. The average molecular weight is 293 g/mol. The van der Waals surface area contributed by atoms with E-state index in [1.165, 1.54) is 30.6 Å². The molecule has 1 heterocycles. The highest BCUT2D eigenvalue weighted by Gasteiger charge is 2.13. The lowest BCUT2D eigenvalue weighted by Crippen LogP contribution is -2.22. The maximum Gasteiger partial charge on any atom is 0.337 e. The highest BCUT2D eigenvalue weighted by atomic mass is 35.5. The molecule has 0 spiro atoms. The molecule has 2 rings (SSSR count). The van der Waals surface area contributed by atoms with Crippen LogP contribution in [0, 0.1) is 0 Å². The van der Waals surface area contributed by atoms with Crippen LogP contribution < -0.4 is 10.6 Å². The quantitative estimate of drug-likeness (QED) is 0.806. The molecule has 0 saturated carbocycles. The zero-order chi connectivity index (χ0) is 14.5. The molecule has 0 radical (unpaired) electrons. The number of halogens is 1. The van der Waals surface area contributed by atoms with Crippen LogP contribution in [0.1, 0.15) is 10.4 Å². The second-order valence-corrected chi connectivity index (χ2v) is 4.08. The topological polar surface area (TPSA) is 104 Å². The Bertz CT molecular complexity index is 648.